The molecular formula is C23H29IN4O3. The van der Waals surface area contributed by atoms with Gasteiger partial charge in [0.15, 0.2) is 5.96 Å². The lowest BCUT2D eigenvalue weighted by atomic mass is 10.1. The minimum Gasteiger partial charge on any atom is -0.488 e. The second-order valence-electron chi connectivity index (χ2n) is 7.55. The Morgan fingerprint density at radius 1 is 1.16 bits per heavy atom. The molecule has 2 unspecified atom stereocenters. The Kier molecular flexibility index (Phi) is 8.53. The molecule has 2 atom stereocenters. The van der Waals surface area contributed by atoms with Crippen LogP contribution in [0.25, 0.3) is 0 Å². The number of benzene rings is 2. The van der Waals surface area contributed by atoms with Crippen molar-refractivity contribution in [1.82, 2.24) is 10.6 Å². The number of rotatable bonds is 6. The molecule has 0 bridgehead atoms. The number of guanidine groups is 1. The van der Waals surface area contributed by atoms with E-state index in [0.29, 0.717) is 25.7 Å². The summed E-state index contributed by atoms with van der Waals surface area (Å²) in [4.78, 5) is 16.5. The molecule has 3 N–H and O–H groups in total. The molecule has 166 valence electrons. The number of amides is 1. The van der Waals surface area contributed by atoms with Gasteiger partial charge >= 0.3 is 0 Å². The van der Waals surface area contributed by atoms with E-state index in [4.69, 9.17) is 9.47 Å². The average Bonchev–Trinajstić information content (AvgIpc) is 3.44. The van der Waals surface area contributed by atoms with Crippen molar-refractivity contribution < 1.29 is 14.3 Å². The predicted molar refractivity (Wildman–Crippen MR) is 132 cm³/mol. The van der Waals surface area contributed by atoms with Crippen LogP contribution >= 0.6 is 24.0 Å². The maximum absolute atomic E-state index is 12.2. The third-order valence-corrected chi connectivity index (χ3v) is 5.31. The largest absolute Gasteiger partial charge is 0.488 e. The van der Waals surface area contributed by atoms with Gasteiger partial charge in [-0.1, -0.05) is 30.3 Å². The van der Waals surface area contributed by atoms with Crippen LogP contribution in [0.3, 0.4) is 0 Å². The first-order valence-corrected chi connectivity index (χ1v) is 10.4. The van der Waals surface area contributed by atoms with Gasteiger partial charge in [-0.2, -0.15) is 0 Å². The summed E-state index contributed by atoms with van der Waals surface area (Å²) in [7, 11) is 1.75. The topological polar surface area (TPSA) is 84.0 Å². The molecule has 2 heterocycles. The van der Waals surface area contributed by atoms with E-state index in [1.165, 1.54) is 5.56 Å². The van der Waals surface area contributed by atoms with E-state index in [9.17, 15) is 4.79 Å². The smallest absolute Gasteiger partial charge is 0.253 e. The van der Waals surface area contributed by atoms with E-state index in [1.54, 1.807) is 7.05 Å². The summed E-state index contributed by atoms with van der Waals surface area (Å²) in [6, 6.07) is 15.9. The van der Waals surface area contributed by atoms with Crippen LogP contribution in [0.2, 0.25) is 0 Å². The van der Waals surface area contributed by atoms with Gasteiger partial charge in [-0.3, -0.25) is 9.79 Å². The Morgan fingerprint density at radius 2 is 2.03 bits per heavy atom. The highest BCUT2D eigenvalue weighted by Gasteiger charge is 2.24. The Hall–Kier alpha value is -2.33. The molecule has 31 heavy (non-hydrogen) atoms. The normalized spacial score (nSPS) is 19.7. The fourth-order valence-corrected chi connectivity index (χ4v) is 3.75. The van der Waals surface area contributed by atoms with E-state index < -0.39 is 0 Å². The van der Waals surface area contributed by atoms with Crippen LogP contribution in [0.5, 0.6) is 5.75 Å². The van der Waals surface area contributed by atoms with Crippen LogP contribution in [0, 0.1) is 0 Å². The Morgan fingerprint density at radius 3 is 2.81 bits per heavy atom. The van der Waals surface area contributed by atoms with Crippen LogP contribution in [0.15, 0.2) is 53.5 Å². The number of ether oxygens (including phenoxy) is 2. The standard InChI is InChI=1S/C23H28N4O3.HI/c1-24-23(26-15-19-13-17-7-2-3-9-20(17)30-19)25-14-16-6-4-8-18(12-16)27-22(28)21-10-5-11-29-21;/h2-4,6-9,12,19,21H,5,10-11,13-15H2,1H3,(H,27,28)(H2,24,25,26);1H. The molecule has 0 spiro atoms. The molecule has 2 aliphatic heterocycles. The van der Waals surface area contributed by atoms with Crippen molar-refractivity contribution in [1.29, 1.82) is 0 Å². The molecular weight excluding hydrogens is 507 g/mol. The molecule has 0 aliphatic carbocycles. The maximum atomic E-state index is 12.2. The predicted octanol–water partition coefficient (Wildman–Crippen LogP) is 3.09. The fraction of sp³-hybridized carbons (Fsp3) is 0.391. The van der Waals surface area contributed by atoms with Crippen LogP contribution in [0.4, 0.5) is 5.69 Å². The summed E-state index contributed by atoms with van der Waals surface area (Å²) in [5.41, 5.74) is 3.07. The zero-order valence-electron chi connectivity index (χ0n) is 17.6. The first kappa shape index (κ1) is 23.3. The number of hydrogen-bond acceptors (Lipinski definition) is 4. The monoisotopic (exact) mass is 536 g/mol. The number of nitrogens with one attached hydrogen (secondary N) is 3. The first-order chi connectivity index (χ1) is 14.7. The van der Waals surface area contributed by atoms with E-state index in [1.807, 2.05) is 42.5 Å². The number of carbonyl (C=O) groups excluding carboxylic acids is 1. The number of para-hydroxylation sites is 1. The summed E-state index contributed by atoms with van der Waals surface area (Å²) in [6.07, 6.45) is 2.37. The minimum atomic E-state index is -0.334. The van der Waals surface area contributed by atoms with Gasteiger partial charge in [-0.25, -0.2) is 0 Å². The molecule has 2 aromatic rings. The lowest BCUT2D eigenvalue weighted by Gasteiger charge is -2.16. The summed E-state index contributed by atoms with van der Waals surface area (Å²) < 4.78 is 11.4. The zero-order chi connectivity index (χ0) is 20.8. The molecule has 4 rings (SSSR count). The van der Waals surface area contributed by atoms with Gasteiger partial charge in [0.2, 0.25) is 0 Å². The highest BCUT2D eigenvalue weighted by Crippen LogP contribution is 2.27. The number of carbonyl (C=O) groups is 1. The summed E-state index contributed by atoms with van der Waals surface area (Å²) in [6.45, 7) is 1.92. The van der Waals surface area contributed by atoms with Crippen molar-refractivity contribution in [3.63, 3.8) is 0 Å². The van der Waals surface area contributed by atoms with Crippen molar-refractivity contribution in [2.24, 2.45) is 4.99 Å². The summed E-state index contributed by atoms with van der Waals surface area (Å²) in [5.74, 6) is 1.60. The minimum absolute atomic E-state index is 0. The van der Waals surface area contributed by atoms with E-state index >= 15 is 0 Å². The van der Waals surface area contributed by atoms with E-state index in [-0.39, 0.29) is 42.1 Å². The molecule has 0 radical (unpaired) electrons. The third-order valence-electron chi connectivity index (χ3n) is 5.31. The molecule has 1 saturated heterocycles. The molecule has 8 heteroatoms. The van der Waals surface area contributed by atoms with E-state index in [2.05, 4.69) is 27.0 Å². The van der Waals surface area contributed by atoms with Crippen molar-refractivity contribution in [3.8, 4) is 5.75 Å². The fourth-order valence-electron chi connectivity index (χ4n) is 3.75. The average molecular weight is 536 g/mol. The van der Waals surface area contributed by atoms with Gasteiger partial charge in [0.1, 0.15) is 18.0 Å². The molecule has 0 saturated carbocycles. The third kappa shape index (κ3) is 6.33. The van der Waals surface area contributed by atoms with Crippen LogP contribution < -0.4 is 20.7 Å². The second-order valence-corrected chi connectivity index (χ2v) is 7.55. The summed E-state index contributed by atoms with van der Waals surface area (Å²) in [5, 5.41) is 9.58. The lowest BCUT2D eigenvalue weighted by Crippen LogP contribution is -2.41. The van der Waals surface area contributed by atoms with Crippen LogP contribution in [0.1, 0.15) is 24.0 Å². The number of anilines is 1. The van der Waals surface area contributed by atoms with Gasteiger partial charge in [-0.05, 0) is 42.2 Å². The highest BCUT2D eigenvalue weighted by atomic mass is 127. The number of hydrogen-bond donors (Lipinski definition) is 3. The quantitative estimate of drug-likeness (QED) is 0.300. The van der Waals surface area contributed by atoms with E-state index in [0.717, 1.165) is 36.3 Å². The van der Waals surface area contributed by atoms with Gasteiger partial charge in [0.25, 0.3) is 5.91 Å². The van der Waals surface area contributed by atoms with Crippen molar-refractivity contribution in [2.45, 2.75) is 38.0 Å². The number of aliphatic imine (C=N–C) groups is 1. The van der Waals surface area contributed by atoms with Gasteiger partial charge in [-0.15, -0.1) is 24.0 Å². The SMILES string of the molecule is CN=C(NCc1cccc(NC(=O)C2CCCO2)c1)NCC1Cc2ccccc2O1.I. The zero-order valence-corrected chi connectivity index (χ0v) is 19.9. The summed E-state index contributed by atoms with van der Waals surface area (Å²) >= 11 is 0. The van der Waals surface area contributed by atoms with Gasteiger partial charge < -0.3 is 25.4 Å². The molecule has 1 amide bonds. The van der Waals surface area contributed by atoms with Crippen molar-refractivity contribution in [3.05, 3.63) is 59.7 Å². The Labute approximate surface area is 200 Å². The molecule has 2 aromatic carbocycles. The lowest BCUT2D eigenvalue weighted by molar-refractivity contribution is -0.124. The molecule has 2 aliphatic rings. The van der Waals surface area contributed by atoms with Crippen LogP contribution in [-0.4, -0.2) is 44.3 Å². The molecule has 0 aromatic heterocycles. The molecule has 1 fully saturated rings. The Balaban J connectivity index is 0.00000272. The van der Waals surface area contributed by atoms with Crippen molar-refractivity contribution in [2.75, 3.05) is 25.5 Å². The number of halogens is 1. The Bertz CT molecular complexity index is 890. The van der Waals surface area contributed by atoms with Gasteiger partial charge in [0, 0.05) is 32.3 Å². The highest BCUT2D eigenvalue weighted by molar-refractivity contribution is 14.0. The van der Waals surface area contributed by atoms with Crippen LogP contribution in [-0.2, 0) is 22.5 Å². The maximum Gasteiger partial charge on any atom is 0.253 e. The second kappa shape index (κ2) is 11.3. The number of nitrogens with zero attached hydrogens (tertiary/aromatic N) is 1. The first-order valence-electron chi connectivity index (χ1n) is 10.4. The molecule has 7 nitrogen and oxygen atoms in total. The van der Waals surface area contributed by atoms with Gasteiger partial charge in [0.05, 0.1) is 6.54 Å². The number of fused-ring (bicyclic) bond motifs is 1. The van der Waals surface area contributed by atoms with Crippen molar-refractivity contribution >= 4 is 41.5 Å².